The second-order valence-electron chi connectivity index (χ2n) is 5.36. The van der Waals surface area contributed by atoms with Crippen LogP contribution in [0.2, 0.25) is 0 Å². The van der Waals surface area contributed by atoms with Crippen molar-refractivity contribution >= 4 is 17.4 Å². The molecule has 2 aromatic rings. The molecule has 0 bridgehead atoms. The number of nitrogens with zero attached hydrogens (tertiary/aromatic N) is 3. The summed E-state index contributed by atoms with van der Waals surface area (Å²) in [5, 5.41) is 17.9. The zero-order valence-electron chi connectivity index (χ0n) is 12.3. The van der Waals surface area contributed by atoms with E-state index in [0.717, 1.165) is 13.0 Å². The van der Waals surface area contributed by atoms with E-state index in [-0.39, 0.29) is 11.3 Å². The van der Waals surface area contributed by atoms with Crippen LogP contribution in [0.3, 0.4) is 0 Å². The Morgan fingerprint density at radius 2 is 2.26 bits per heavy atom. The van der Waals surface area contributed by atoms with Gasteiger partial charge in [-0.3, -0.25) is 14.9 Å². The Morgan fingerprint density at radius 3 is 3.00 bits per heavy atom. The average molecular weight is 316 g/mol. The van der Waals surface area contributed by atoms with Crippen molar-refractivity contribution < 1.29 is 14.5 Å². The maximum Gasteiger partial charge on any atom is 0.282 e. The highest BCUT2D eigenvalue weighted by atomic mass is 16.6. The van der Waals surface area contributed by atoms with Crippen molar-refractivity contribution in [3.8, 4) is 0 Å². The molecule has 1 aliphatic rings. The van der Waals surface area contributed by atoms with Crippen molar-refractivity contribution in [1.82, 2.24) is 9.78 Å². The number of anilines is 1. The highest BCUT2D eigenvalue weighted by molar-refractivity contribution is 6.06. The maximum atomic E-state index is 12.3. The van der Waals surface area contributed by atoms with Gasteiger partial charge in [-0.2, -0.15) is 5.10 Å². The largest absolute Gasteiger partial charge is 0.381 e. The first kappa shape index (κ1) is 15.2. The first-order chi connectivity index (χ1) is 11.1. The number of hydrogen-bond acceptors (Lipinski definition) is 5. The van der Waals surface area contributed by atoms with Crippen molar-refractivity contribution in [3.05, 3.63) is 52.2 Å². The van der Waals surface area contributed by atoms with Crippen LogP contribution in [0.25, 0.3) is 0 Å². The monoisotopic (exact) mass is 316 g/mol. The molecular formula is C15H16N4O4. The Balaban J connectivity index is 1.76. The maximum absolute atomic E-state index is 12.3. The number of para-hydroxylation sites is 1. The van der Waals surface area contributed by atoms with Gasteiger partial charge in [-0.1, -0.05) is 12.1 Å². The zero-order valence-corrected chi connectivity index (χ0v) is 12.3. The number of hydrogen-bond donors (Lipinski definition) is 1. The summed E-state index contributed by atoms with van der Waals surface area (Å²) in [7, 11) is 0. The fraction of sp³-hybridized carbons (Fsp3) is 0.333. The quantitative estimate of drug-likeness (QED) is 0.672. The van der Waals surface area contributed by atoms with Gasteiger partial charge in [0.15, 0.2) is 0 Å². The topological polar surface area (TPSA) is 99.3 Å². The summed E-state index contributed by atoms with van der Waals surface area (Å²) in [5.74, 6) is 0.346. The van der Waals surface area contributed by atoms with Gasteiger partial charge in [-0.15, -0.1) is 0 Å². The molecule has 3 rings (SSSR count). The second-order valence-corrected chi connectivity index (χ2v) is 5.36. The van der Waals surface area contributed by atoms with Crippen LogP contribution in [0.4, 0.5) is 11.5 Å². The molecule has 1 saturated heterocycles. The van der Waals surface area contributed by atoms with Crippen LogP contribution in [0.15, 0.2) is 36.5 Å². The summed E-state index contributed by atoms with van der Waals surface area (Å²) in [6.07, 6.45) is 2.54. The molecule has 1 N–H and O–H groups in total. The predicted molar refractivity (Wildman–Crippen MR) is 82.2 cm³/mol. The second kappa shape index (κ2) is 6.57. The molecule has 0 unspecified atom stereocenters. The van der Waals surface area contributed by atoms with Crippen molar-refractivity contribution in [2.75, 3.05) is 18.5 Å². The number of nitro groups is 1. The van der Waals surface area contributed by atoms with Gasteiger partial charge in [-0.25, -0.2) is 4.68 Å². The van der Waals surface area contributed by atoms with Gasteiger partial charge in [0.05, 0.1) is 17.7 Å². The number of nitro benzene ring substituents is 1. The Bertz CT molecular complexity index is 722. The molecule has 120 valence electrons. The Kier molecular flexibility index (Phi) is 4.33. The smallest absolute Gasteiger partial charge is 0.282 e. The van der Waals surface area contributed by atoms with Gasteiger partial charge < -0.3 is 10.1 Å². The summed E-state index contributed by atoms with van der Waals surface area (Å²) < 4.78 is 7.02. The summed E-state index contributed by atoms with van der Waals surface area (Å²) in [6, 6.07) is 7.53. The van der Waals surface area contributed by atoms with E-state index < -0.39 is 10.8 Å². The summed E-state index contributed by atoms with van der Waals surface area (Å²) >= 11 is 0. The molecule has 0 radical (unpaired) electrons. The number of ether oxygens (including phenoxy) is 1. The number of rotatable bonds is 5. The van der Waals surface area contributed by atoms with Crippen molar-refractivity contribution in [3.63, 3.8) is 0 Å². The van der Waals surface area contributed by atoms with Crippen molar-refractivity contribution in [2.45, 2.75) is 13.0 Å². The molecule has 0 aliphatic carbocycles. The van der Waals surface area contributed by atoms with Crippen LogP contribution in [0.5, 0.6) is 0 Å². The van der Waals surface area contributed by atoms with Gasteiger partial charge in [-0.05, 0) is 12.5 Å². The van der Waals surface area contributed by atoms with E-state index in [4.69, 9.17) is 4.74 Å². The van der Waals surface area contributed by atoms with Gasteiger partial charge in [0.1, 0.15) is 11.4 Å². The van der Waals surface area contributed by atoms with Gasteiger partial charge >= 0.3 is 0 Å². The molecule has 8 nitrogen and oxygen atoms in total. The fourth-order valence-corrected chi connectivity index (χ4v) is 2.56. The standard InChI is InChI=1S/C15H16N4O4/c20-15(12-3-1-2-4-13(12)19(21)22)17-14-5-7-16-18(14)9-11-6-8-23-10-11/h1-5,7,11H,6,8-10H2,(H,17,20)/t11-/m1/s1. The highest BCUT2D eigenvalue weighted by Crippen LogP contribution is 2.21. The number of nitrogens with one attached hydrogen (secondary N) is 1. The van der Waals surface area contributed by atoms with E-state index in [0.29, 0.717) is 24.9 Å². The van der Waals surface area contributed by atoms with E-state index in [1.165, 1.54) is 18.2 Å². The number of amides is 1. The van der Waals surface area contributed by atoms with E-state index in [9.17, 15) is 14.9 Å². The van der Waals surface area contributed by atoms with Crippen LogP contribution in [0.1, 0.15) is 16.8 Å². The lowest BCUT2D eigenvalue weighted by atomic mass is 10.1. The van der Waals surface area contributed by atoms with Crippen molar-refractivity contribution in [1.29, 1.82) is 0 Å². The number of benzene rings is 1. The molecule has 1 aromatic carbocycles. The highest BCUT2D eigenvalue weighted by Gasteiger charge is 2.22. The van der Waals surface area contributed by atoms with Crippen molar-refractivity contribution in [2.24, 2.45) is 5.92 Å². The Hall–Kier alpha value is -2.74. The van der Waals surface area contributed by atoms with Crippen LogP contribution in [-0.4, -0.2) is 33.8 Å². The van der Waals surface area contributed by atoms with Crippen LogP contribution < -0.4 is 5.32 Å². The minimum atomic E-state index is -0.567. The minimum Gasteiger partial charge on any atom is -0.381 e. The molecule has 1 atom stereocenters. The first-order valence-corrected chi connectivity index (χ1v) is 7.29. The molecule has 0 saturated carbocycles. The molecule has 0 spiro atoms. The van der Waals surface area contributed by atoms with Gasteiger partial charge in [0.25, 0.3) is 11.6 Å². The first-order valence-electron chi connectivity index (χ1n) is 7.29. The molecule has 23 heavy (non-hydrogen) atoms. The van der Waals surface area contributed by atoms with E-state index in [2.05, 4.69) is 10.4 Å². The number of carbonyl (C=O) groups is 1. The third-order valence-electron chi connectivity index (χ3n) is 3.76. The summed E-state index contributed by atoms with van der Waals surface area (Å²) in [6.45, 7) is 2.06. The van der Waals surface area contributed by atoms with Gasteiger partial charge in [0.2, 0.25) is 0 Å². The lowest BCUT2D eigenvalue weighted by molar-refractivity contribution is -0.385. The average Bonchev–Trinajstić information content (AvgIpc) is 3.20. The summed E-state index contributed by atoms with van der Waals surface area (Å²) in [5.41, 5.74) is -0.199. The SMILES string of the molecule is O=C(Nc1ccnn1C[C@H]1CCOC1)c1ccccc1[N+](=O)[O-]. The van der Waals surface area contributed by atoms with E-state index in [1.54, 1.807) is 23.0 Å². The van der Waals surface area contributed by atoms with Gasteiger partial charge in [0, 0.05) is 31.2 Å². The van der Waals surface area contributed by atoms with E-state index >= 15 is 0 Å². The van der Waals surface area contributed by atoms with Crippen LogP contribution in [-0.2, 0) is 11.3 Å². The molecule has 1 amide bonds. The zero-order chi connectivity index (χ0) is 16.2. The minimum absolute atomic E-state index is 0.0226. The molecule has 1 fully saturated rings. The molecule has 8 heteroatoms. The van der Waals surface area contributed by atoms with Crippen LogP contribution >= 0.6 is 0 Å². The third kappa shape index (κ3) is 3.37. The lowest BCUT2D eigenvalue weighted by Gasteiger charge is -2.12. The normalized spacial score (nSPS) is 17.1. The van der Waals surface area contributed by atoms with E-state index in [1.807, 2.05) is 0 Å². The molecule has 1 aliphatic heterocycles. The fourth-order valence-electron chi connectivity index (χ4n) is 2.56. The molecule has 1 aromatic heterocycles. The molecular weight excluding hydrogens is 300 g/mol. The summed E-state index contributed by atoms with van der Waals surface area (Å²) in [4.78, 5) is 22.8. The molecule has 2 heterocycles. The predicted octanol–water partition coefficient (Wildman–Crippen LogP) is 2.08. The lowest BCUT2D eigenvalue weighted by Crippen LogP contribution is -2.19. The number of carbonyl (C=O) groups excluding carboxylic acids is 1. The number of aromatic nitrogens is 2. The Labute approximate surface area is 132 Å². The third-order valence-corrected chi connectivity index (χ3v) is 3.76. The Morgan fingerprint density at radius 1 is 1.43 bits per heavy atom. The van der Waals surface area contributed by atoms with Crippen LogP contribution in [0, 0.1) is 16.0 Å².